The molecule has 1 unspecified atom stereocenters. The zero-order valence-electron chi connectivity index (χ0n) is 9.84. The predicted octanol–water partition coefficient (Wildman–Crippen LogP) is 3.55. The summed E-state index contributed by atoms with van der Waals surface area (Å²) < 4.78 is 4.94. The number of unbranched alkanes of at least 4 members (excludes halogenated alkanes) is 4. The first kappa shape index (κ1) is 13.5. The summed E-state index contributed by atoms with van der Waals surface area (Å²) in [5.41, 5.74) is 0. The molecule has 0 amide bonds. The summed E-state index contributed by atoms with van der Waals surface area (Å²) in [5.74, 6) is 0.0413. The Morgan fingerprint density at radius 1 is 1.14 bits per heavy atom. The molecule has 0 aromatic rings. The van der Waals surface area contributed by atoms with Gasteiger partial charge in [-0.2, -0.15) is 0 Å². The lowest BCUT2D eigenvalue weighted by molar-refractivity contribution is -0.147. The van der Waals surface area contributed by atoms with Crippen LogP contribution >= 0.6 is 0 Å². The third kappa shape index (κ3) is 6.93. The summed E-state index contributed by atoms with van der Waals surface area (Å²) in [6.07, 6.45) is 7.26. The van der Waals surface area contributed by atoms with E-state index in [1.165, 1.54) is 25.7 Å². The van der Waals surface area contributed by atoms with E-state index in [-0.39, 0.29) is 11.9 Å². The van der Waals surface area contributed by atoms with Crippen LogP contribution in [0.5, 0.6) is 0 Å². The SMILES string of the molecule is CCCCCCCC(C)C(=O)OCC. The largest absolute Gasteiger partial charge is 0.466 e. The Morgan fingerprint density at radius 3 is 2.36 bits per heavy atom. The topological polar surface area (TPSA) is 26.3 Å². The van der Waals surface area contributed by atoms with Gasteiger partial charge in [-0.05, 0) is 13.3 Å². The summed E-state index contributed by atoms with van der Waals surface area (Å²) in [6.45, 7) is 6.52. The van der Waals surface area contributed by atoms with Crippen LogP contribution in [0.2, 0.25) is 0 Å². The smallest absolute Gasteiger partial charge is 0.308 e. The molecule has 0 saturated heterocycles. The number of carbonyl (C=O) groups is 1. The third-order valence-corrected chi connectivity index (χ3v) is 2.43. The molecular formula is C12H24O2. The molecule has 0 heterocycles. The van der Waals surface area contributed by atoms with Crippen LogP contribution in [0.25, 0.3) is 0 Å². The summed E-state index contributed by atoms with van der Waals surface area (Å²) in [4.78, 5) is 11.2. The van der Waals surface area contributed by atoms with E-state index >= 15 is 0 Å². The fraction of sp³-hybridized carbons (Fsp3) is 0.917. The lowest BCUT2D eigenvalue weighted by atomic mass is 10.0. The van der Waals surface area contributed by atoms with Gasteiger partial charge in [0.15, 0.2) is 0 Å². The minimum Gasteiger partial charge on any atom is -0.466 e. The molecule has 2 heteroatoms. The Hall–Kier alpha value is -0.530. The maximum atomic E-state index is 11.2. The molecule has 0 aliphatic carbocycles. The molecule has 0 fully saturated rings. The molecule has 0 spiro atoms. The third-order valence-electron chi connectivity index (χ3n) is 2.43. The van der Waals surface area contributed by atoms with Crippen LogP contribution in [0.3, 0.4) is 0 Å². The summed E-state index contributed by atoms with van der Waals surface area (Å²) in [5, 5.41) is 0. The molecule has 0 rings (SSSR count). The number of hydrogen-bond acceptors (Lipinski definition) is 2. The number of rotatable bonds is 8. The van der Waals surface area contributed by atoms with Crippen molar-refractivity contribution in [3.63, 3.8) is 0 Å². The first-order chi connectivity index (χ1) is 6.72. The van der Waals surface area contributed by atoms with E-state index in [0.717, 1.165) is 12.8 Å². The van der Waals surface area contributed by atoms with Crippen molar-refractivity contribution in [1.29, 1.82) is 0 Å². The van der Waals surface area contributed by atoms with E-state index in [1.807, 2.05) is 13.8 Å². The van der Waals surface area contributed by atoms with Crippen LogP contribution in [0.1, 0.15) is 59.3 Å². The molecule has 0 aliphatic rings. The lowest BCUT2D eigenvalue weighted by Gasteiger charge is -2.09. The number of carbonyl (C=O) groups excluding carboxylic acids is 1. The predicted molar refractivity (Wildman–Crippen MR) is 59.2 cm³/mol. The molecule has 0 aromatic heterocycles. The van der Waals surface area contributed by atoms with Crippen molar-refractivity contribution in [2.45, 2.75) is 59.3 Å². The number of ether oxygens (including phenoxy) is 1. The van der Waals surface area contributed by atoms with E-state index in [0.29, 0.717) is 6.61 Å². The molecule has 0 N–H and O–H groups in total. The quantitative estimate of drug-likeness (QED) is 0.442. The average Bonchev–Trinajstić information content (AvgIpc) is 2.17. The van der Waals surface area contributed by atoms with Gasteiger partial charge in [0, 0.05) is 0 Å². The van der Waals surface area contributed by atoms with E-state index < -0.39 is 0 Å². The van der Waals surface area contributed by atoms with Gasteiger partial charge < -0.3 is 4.74 Å². The monoisotopic (exact) mass is 200 g/mol. The zero-order chi connectivity index (χ0) is 10.8. The fourth-order valence-corrected chi connectivity index (χ4v) is 1.46. The van der Waals surface area contributed by atoms with Gasteiger partial charge in [-0.15, -0.1) is 0 Å². The van der Waals surface area contributed by atoms with Crippen molar-refractivity contribution in [2.24, 2.45) is 5.92 Å². The highest BCUT2D eigenvalue weighted by Gasteiger charge is 2.12. The van der Waals surface area contributed by atoms with Crippen LogP contribution in [-0.4, -0.2) is 12.6 Å². The van der Waals surface area contributed by atoms with Crippen molar-refractivity contribution in [3.8, 4) is 0 Å². The van der Waals surface area contributed by atoms with E-state index in [4.69, 9.17) is 4.74 Å². The highest BCUT2D eigenvalue weighted by atomic mass is 16.5. The highest BCUT2D eigenvalue weighted by molar-refractivity contribution is 5.71. The van der Waals surface area contributed by atoms with Crippen LogP contribution < -0.4 is 0 Å². The second-order valence-corrected chi connectivity index (χ2v) is 3.86. The standard InChI is InChI=1S/C12H24O2/c1-4-6-7-8-9-10-11(3)12(13)14-5-2/h11H,4-10H2,1-3H3. The Labute approximate surface area is 88.0 Å². The Morgan fingerprint density at radius 2 is 1.79 bits per heavy atom. The van der Waals surface area contributed by atoms with Crippen LogP contribution in [-0.2, 0) is 9.53 Å². The second kappa shape index (κ2) is 9.04. The average molecular weight is 200 g/mol. The Balaban J connectivity index is 3.34. The lowest BCUT2D eigenvalue weighted by Crippen LogP contribution is -2.14. The Kier molecular flexibility index (Phi) is 8.70. The molecule has 1 atom stereocenters. The van der Waals surface area contributed by atoms with Gasteiger partial charge in [0.05, 0.1) is 12.5 Å². The maximum absolute atomic E-state index is 11.2. The summed E-state index contributed by atoms with van der Waals surface area (Å²) in [6, 6.07) is 0. The minimum absolute atomic E-state index is 0.0389. The van der Waals surface area contributed by atoms with Gasteiger partial charge in [0.1, 0.15) is 0 Å². The van der Waals surface area contributed by atoms with Crippen molar-refractivity contribution in [2.75, 3.05) is 6.61 Å². The van der Waals surface area contributed by atoms with E-state index in [1.54, 1.807) is 0 Å². The molecule has 14 heavy (non-hydrogen) atoms. The number of esters is 1. The maximum Gasteiger partial charge on any atom is 0.308 e. The fourth-order valence-electron chi connectivity index (χ4n) is 1.46. The summed E-state index contributed by atoms with van der Waals surface area (Å²) in [7, 11) is 0. The minimum atomic E-state index is -0.0389. The van der Waals surface area contributed by atoms with Gasteiger partial charge in [-0.3, -0.25) is 4.79 Å². The van der Waals surface area contributed by atoms with Gasteiger partial charge >= 0.3 is 5.97 Å². The van der Waals surface area contributed by atoms with Crippen LogP contribution in [0.4, 0.5) is 0 Å². The van der Waals surface area contributed by atoms with Gasteiger partial charge in [-0.1, -0.05) is 46.0 Å². The molecule has 0 radical (unpaired) electrons. The van der Waals surface area contributed by atoms with Gasteiger partial charge in [0.2, 0.25) is 0 Å². The Bertz CT molecular complexity index is 143. The molecule has 0 saturated carbocycles. The van der Waals surface area contributed by atoms with E-state index in [9.17, 15) is 4.79 Å². The molecule has 2 nitrogen and oxygen atoms in total. The number of hydrogen-bond donors (Lipinski definition) is 0. The molecule has 0 bridgehead atoms. The van der Waals surface area contributed by atoms with Crippen LogP contribution in [0.15, 0.2) is 0 Å². The van der Waals surface area contributed by atoms with Crippen molar-refractivity contribution in [3.05, 3.63) is 0 Å². The summed E-state index contributed by atoms with van der Waals surface area (Å²) >= 11 is 0. The first-order valence-electron chi connectivity index (χ1n) is 5.89. The first-order valence-corrected chi connectivity index (χ1v) is 5.89. The van der Waals surface area contributed by atoms with Gasteiger partial charge in [0.25, 0.3) is 0 Å². The van der Waals surface area contributed by atoms with Crippen molar-refractivity contribution in [1.82, 2.24) is 0 Å². The van der Waals surface area contributed by atoms with E-state index in [2.05, 4.69) is 6.92 Å². The molecule has 0 aromatic carbocycles. The second-order valence-electron chi connectivity index (χ2n) is 3.86. The molecular weight excluding hydrogens is 176 g/mol. The van der Waals surface area contributed by atoms with Crippen LogP contribution in [0, 0.1) is 5.92 Å². The normalized spacial score (nSPS) is 12.5. The molecule has 84 valence electrons. The van der Waals surface area contributed by atoms with Gasteiger partial charge in [-0.25, -0.2) is 0 Å². The zero-order valence-corrected chi connectivity index (χ0v) is 9.84. The van der Waals surface area contributed by atoms with Crippen molar-refractivity contribution >= 4 is 5.97 Å². The molecule has 0 aliphatic heterocycles. The highest BCUT2D eigenvalue weighted by Crippen LogP contribution is 2.12. The van der Waals surface area contributed by atoms with Crippen molar-refractivity contribution < 1.29 is 9.53 Å².